The highest BCUT2D eigenvalue weighted by Crippen LogP contribution is 2.26. The molecule has 0 bridgehead atoms. The zero-order chi connectivity index (χ0) is 16.1. The van der Waals surface area contributed by atoms with E-state index in [0.29, 0.717) is 0 Å². The van der Waals surface area contributed by atoms with Crippen LogP contribution in [0.25, 0.3) is 0 Å². The SMILES string of the molecule is O=C(O)CSc1nnc(NS(=O)(=O)CCCC(F)(F)F)s1. The van der Waals surface area contributed by atoms with E-state index in [0.717, 1.165) is 23.1 Å². The van der Waals surface area contributed by atoms with E-state index in [1.807, 2.05) is 4.72 Å². The van der Waals surface area contributed by atoms with Gasteiger partial charge in [0.25, 0.3) is 0 Å². The summed E-state index contributed by atoms with van der Waals surface area (Å²) in [5.41, 5.74) is 0. The number of hydrogen-bond acceptors (Lipinski definition) is 7. The van der Waals surface area contributed by atoms with Gasteiger partial charge in [-0.1, -0.05) is 23.1 Å². The second kappa shape index (κ2) is 7.26. The van der Waals surface area contributed by atoms with Crippen LogP contribution in [0.1, 0.15) is 12.8 Å². The third-order valence-corrected chi connectivity index (χ3v) is 5.26. The van der Waals surface area contributed by atoms with E-state index in [4.69, 9.17) is 5.11 Å². The number of alkyl halides is 3. The average Bonchev–Trinajstić information content (AvgIpc) is 2.71. The minimum Gasteiger partial charge on any atom is -0.481 e. The summed E-state index contributed by atoms with van der Waals surface area (Å²) in [6.45, 7) is 0. The summed E-state index contributed by atoms with van der Waals surface area (Å²) >= 11 is 1.66. The normalized spacial score (nSPS) is 12.3. The summed E-state index contributed by atoms with van der Waals surface area (Å²) in [6.07, 6.45) is -6.15. The molecule has 2 N–H and O–H groups in total. The highest BCUT2D eigenvalue weighted by atomic mass is 32.2. The molecule has 0 atom stereocenters. The Morgan fingerprint density at radius 2 is 2.05 bits per heavy atom. The predicted octanol–water partition coefficient (Wildman–Crippen LogP) is 1.80. The van der Waals surface area contributed by atoms with Gasteiger partial charge in [0, 0.05) is 6.42 Å². The molecule has 0 aliphatic heterocycles. The first-order chi connectivity index (χ1) is 9.57. The minimum absolute atomic E-state index is 0.116. The molecule has 0 radical (unpaired) electrons. The van der Waals surface area contributed by atoms with Gasteiger partial charge in [0.05, 0.1) is 11.5 Å². The third-order valence-electron chi connectivity index (χ3n) is 1.84. The summed E-state index contributed by atoms with van der Waals surface area (Å²) in [7, 11) is -3.94. The molecule has 0 unspecified atom stereocenters. The van der Waals surface area contributed by atoms with E-state index in [1.165, 1.54) is 0 Å². The van der Waals surface area contributed by atoms with Crippen LogP contribution in [0.2, 0.25) is 0 Å². The Hall–Kier alpha value is -1.08. The van der Waals surface area contributed by atoms with Crippen LogP contribution in [0, 0.1) is 0 Å². The summed E-state index contributed by atoms with van der Waals surface area (Å²) in [5, 5.41) is 15.4. The van der Waals surface area contributed by atoms with Crippen molar-refractivity contribution in [1.82, 2.24) is 10.2 Å². The van der Waals surface area contributed by atoms with Crippen molar-refractivity contribution in [3.05, 3.63) is 0 Å². The topological polar surface area (TPSA) is 109 Å². The average molecular weight is 365 g/mol. The highest BCUT2D eigenvalue weighted by Gasteiger charge is 2.27. The predicted molar refractivity (Wildman–Crippen MR) is 71.0 cm³/mol. The Morgan fingerprint density at radius 1 is 1.38 bits per heavy atom. The van der Waals surface area contributed by atoms with Crippen LogP contribution in [0.5, 0.6) is 0 Å². The van der Waals surface area contributed by atoms with E-state index in [-0.39, 0.29) is 15.2 Å². The first kappa shape index (κ1) is 18.0. The lowest BCUT2D eigenvalue weighted by Crippen LogP contribution is -2.18. The van der Waals surface area contributed by atoms with E-state index in [1.54, 1.807) is 0 Å². The van der Waals surface area contributed by atoms with Gasteiger partial charge in [0.1, 0.15) is 0 Å². The van der Waals surface area contributed by atoms with Crippen molar-refractivity contribution in [2.75, 3.05) is 16.2 Å². The number of anilines is 1. The number of aromatic nitrogens is 2. The number of sulfonamides is 1. The molecule has 0 saturated heterocycles. The molecule has 13 heteroatoms. The first-order valence-corrected chi connectivity index (χ1v) is 8.78. The number of halogens is 3. The fourth-order valence-electron chi connectivity index (χ4n) is 1.08. The maximum Gasteiger partial charge on any atom is 0.389 e. The lowest BCUT2D eigenvalue weighted by Gasteiger charge is -2.06. The van der Waals surface area contributed by atoms with Crippen molar-refractivity contribution in [1.29, 1.82) is 0 Å². The summed E-state index contributed by atoms with van der Waals surface area (Å²) < 4.78 is 61.1. The number of carbonyl (C=O) groups is 1. The van der Waals surface area contributed by atoms with Crippen LogP contribution in [0.15, 0.2) is 4.34 Å². The van der Waals surface area contributed by atoms with Crippen LogP contribution in [-0.4, -0.2) is 47.4 Å². The molecular formula is C8H10F3N3O4S3. The van der Waals surface area contributed by atoms with Crippen molar-refractivity contribution in [3.63, 3.8) is 0 Å². The number of nitrogens with one attached hydrogen (secondary N) is 1. The molecule has 1 rings (SSSR count). The molecule has 1 aromatic heterocycles. The molecule has 0 aliphatic carbocycles. The van der Waals surface area contributed by atoms with E-state index >= 15 is 0 Å². The second-order valence-corrected chi connectivity index (χ2v) is 7.74. The number of thioether (sulfide) groups is 1. The number of nitrogens with zero attached hydrogens (tertiary/aromatic N) is 2. The fraction of sp³-hybridized carbons (Fsp3) is 0.625. The van der Waals surface area contributed by atoms with Crippen molar-refractivity contribution in [3.8, 4) is 0 Å². The zero-order valence-electron chi connectivity index (χ0n) is 10.3. The lowest BCUT2D eigenvalue weighted by atomic mass is 10.3. The molecule has 0 aromatic carbocycles. The Morgan fingerprint density at radius 3 is 2.62 bits per heavy atom. The largest absolute Gasteiger partial charge is 0.481 e. The van der Waals surface area contributed by atoms with Crippen LogP contribution in [0.4, 0.5) is 18.3 Å². The monoisotopic (exact) mass is 365 g/mol. The van der Waals surface area contributed by atoms with Crippen LogP contribution in [-0.2, 0) is 14.8 Å². The second-order valence-electron chi connectivity index (χ2n) is 3.70. The van der Waals surface area contributed by atoms with Crippen molar-refractivity contribution in [2.45, 2.75) is 23.4 Å². The fourth-order valence-corrected chi connectivity index (χ4v) is 3.88. The van der Waals surface area contributed by atoms with Crippen LogP contribution in [0.3, 0.4) is 0 Å². The summed E-state index contributed by atoms with van der Waals surface area (Å²) in [5.74, 6) is -2.01. The zero-order valence-corrected chi connectivity index (χ0v) is 12.7. The molecule has 1 aromatic rings. The third kappa shape index (κ3) is 8.06. The van der Waals surface area contributed by atoms with Crippen LogP contribution < -0.4 is 4.72 Å². The van der Waals surface area contributed by atoms with Gasteiger partial charge in [-0.3, -0.25) is 9.52 Å². The molecule has 0 fully saturated rings. The van der Waals surface area contributed by atoms with Gasteiger partial charge in [-0.2, -0.15) is 13.2 Å². The van der Waals surface area contributed by atoms with Crippen molar-refractivity contribution >= 4 is 44.2 Å². The van der Waals surface area contributed by atoms with Crippen molar-refractivity contribution < 1.29 is 31.5 Å². The van der Waals surface area contributed by atoms with Gasteiger partial charge >= 0.3 is 12.1 Å². The Balaban J connectivity index is 2.49. The van der Waals surface area contributed by atoms with E-state index in [9.17, 15) is 26.4 Å². The Bertz CT molecular complexity index is 587. The van der Waals surface area contributed by atoms with Gasteiger partial charge in [0.2, 0.25) is 15.2 Å². The maximum absolute atomic E-state index is 11.9. The quantitative estimate of drug-likeness (QED) is 0.676. The van der Waals surface area contributed by atoms with Crippen molar-refractivity contribution in [2.24, 2.45) is 0 Å². The standard InChI is InChI=1S/C8H10F3N3O4S3/c9-8(10,11)2-1-3-21(17,18)14-6-12-13-7(20-6)19-4-5(15)16/h1-4H2,(H,12,14)(H,15,16). The molecule has 0 spiro atoms. The highest BCUT2D eigenvalue weighted by molar-refractivity contribution is 8.01. The van der Waals surface area contributed by atoms with E-state index in [2.05, 4.69) is 10.2 Å². The van der Waals surface area contributed by atoms with Gasteiger partial charge in [-0.15, -0.1) is 10.2 Å². The van der Waals surface area contributed by atoms with Gasteiger partial charge in [-0.05, 0) is 6.42 Å². The number of hydrogen-bond donors (Lipinski definition) is 2. The molecule has 0 saturated carbocycles. The molecule has 0 amide bonds. The number of carboxylic acid groups (broad SMARTS) is 1. The number of aliphatic carboxylic acids is 1. The first-order valence-electron chi connectivity index (χ1n) is 5.33. The van der Waals surface area contributed by atoms with Gasteiger partial charge < -0.3 is 5.11 Å². The minimum atomic E-state index is -4.40. The molecule has 0 aliphatic rings. The Kier molecular flexibility index (Phi) is 6.22. The summed E-state index contributed by atoms with van der Waals surface area (Å²) in [4.78, 5) is 10.3. The summed E-state index contributed by atoms with van der Waals surface area (Å²) in [6, 6.07) is 0. The lowest BCUT2D eigenvalue weighted by molar-refractivity contribution is -0.135. The smallest absolute Gasteiger partial charge is 0.389 e. The Labute approximate surface area is 126 Å². The molecule has 7 nitrogen and oxygen atoms in total. The maximum atomic E-state index is 11.9. The molecule has 120 valence electrons. The number of rotatable bonds is 8. The molecular weight excluding hydrogens is 355 g/mol. The molecule has 1 heterocycles. The van der Waals surface area contributed by atoms with Gasteiger partial charge in [-0.25, -0.2) is 8.42 Å². The van der Waals surface area contributed by atoms with Gasteiger partial charge in [0.15, 0.2) is 4.34 Å². The van der Waals surface area contributed by atoms with E-state index < -0.39 is 40.8 Å². The number of carboxylic acids is 1. The molecule has 21 heavy (non-hydrogen) atoms. The van der Waals surface area contributed by atoms with Crippen LogP contribution >= 0.6 is 23.1 Å².